The van der Waals surface area contributed by atoms with Crippen molar-refractivity contribution in [1.29, 1.82) is 0 Å². The minimum absolute atomic E-state index is 0.0251. The van der Waals surface area contributed by atoms with Gasteiger partial charge in [-0.2, -0.15) is 10.2 Å². The number of amides is 2. The molecule has 0 unspecified atom stereocenters. The fraction of sp³-hybridized carbons (Fsp3) is 0.278. The van der Waals surface area contributed by atoms with Crippen molar-refractivity contribution in [2.75, 3.05) is 18.5 Å². The number of rotatable bonds is 6. The molecule has 3 rings (SSSR count). The molecular weight excluding hydrogens is 304 g/mol. The predicted molar refractivity (Wildman–Crippen MR) is 92.9 cm³/mol. The molecule has 0 saturated heterocycles. The molecule has 24 heavy (non-hydrogen) atoms. The fourth-order valence-electron chi connectivity index (χ4n) is 2.36. The summed E-state index contributed by atoms with van der Waals surface area (Å²) in [5.41, 5.74) is 2.20. The number of carbonyl (C=O) groups excluding carboxylic acids is 1. The molecule has 2 aromatic carbocycles. The lowest BCUT2D eigenvalue weighted by atomic mass is 10.3. The Kier molecular flexibility index (Phi) is 5.18. The van der Waals surface area contributed by atoms with Gasteiger partial charge in [0.15, 0.2) is 0 Å². The number of anilines is 1. The molecule has 0 bridgehead atoms. The number of azo groups is 1. The number of carbonyl (C=O) groups is 1. The molecule has 1 fully saturated rings. The Morgan fingerprint density at radius 2 is 1.67 bits per heavy atom. The van der Waals surface area contributed by atoms with Crippen LogP contribution in [-0.2, 0) is 0 Å². The molecule has 0 radical (unpaired) electrons. The van der Waals surface area contributed by atoms with E-state index in [0.717, 1.165) is 18.5 Å². The van der Waals surface area contributed by atoms with Crippen molar-refractivity contribution in [2.24, 2.45) is 10.2 Å². The van der Waals surface area contributed by atoms with Gasteiger partial charge < -0.3 is 15.3 Å². The van der Waals surface area contributed by atoms with Crippen LogP contribution in [-0.4, -0.2) is 35.2 Å². The van der Waals surface area contributed by atoms with Gasteiger partial charge in [-0.3, -0.25) is 0 Å². The summed E-state index contributed by atoms with van der Waals surface area (Å²) in [5, 5.41) is 20.2. The molecule has 1 aliphatic carbocycles. The van der Waals surface area contributed by atoms with Crippen molar-refractivity contribution < 1.29 is 9.90 Å². The van der Waals surface area contributed by atoms with Gasteiger partial charge in [-0.05, 0) is 49.2 Å². The van der Waals surface area contributed by atoms with Gasteiger partial charge in [-0.25, -0.2) is 4.79 Å². The number of hydrogen-bond donors (Lipinski definition) is 2. The average molecular weight is 324 g/mol. The lowest BCUT2D eigenvalue weighted by Gasteiger charge is -2.21. The smallest absolute Gasteiger partial charge is 0.322 e. The number of urea groups is 1. The molecule has 0 heterocycles. The van der Waals surface area contributed by atoms with Gasteiger partial charge in [-0.1, -0.05) is 18.2 Å². The summed E-state index contributed by atoms with van der Waals surface area (Å²) in [6, 6.07) is 16.8. The van der Waals surface area contributed by atoms with Gasteiger partial charge in [0.2, 0.25) is 0 Å². The molecule has 2 amide bonds. The van der Waals surface area contributed by atoms with Crippen LogP contribution in [0.2, 0.25) is 0 Å². The third-order valence-electron chi connectivity index (χ3n) is 3.75. The second kappa shape index (κ2) is 7.70. The first-order chi connectivity index (χ1) is 11.8. The van der Waals surface area contributed by atoms with Gasteiger partial charge in [0.05, 0.1) is 18.0 Å². The zero-order chi connectivity index (χ0) is 16.8. The van der Waals surface area contributed by atoms with Crippen LogP contribution < -0.4 is 5.32 Å². The molecule has 6 heteroatoms. The average Bonchev–Trinajstić information content (AvgIpc) is 3.45. The molecular formula is C18H20N4O2. The van der Waals surface area contributed by atoms with Crippen LogP contribution in [0.4, 0.5) is 21.9 Å². The van der Waals surface area contributed by atoms with E-state index in [4.69, 9.17) is 5.11 Å². The Balaban J connectivity index is 1.60. The van der Waals surface area contributed by atoms with Gasteiger partial charge >= 0.3 is 6.03 Å². The Morgan fingerprint density at radius 1 is 1.04 bits per heavy atom. The number of nitrogens with zero attached hydrogens (tertiary/aromatic N) is 3. The minimum Gasteiger partial charge on any atom is -0.395 e. The first-order valence-corrected chi connectivity index (χ1v) is 8.01. The number of benzene rings is 2. The lowest BCUT2D eigenvalue weighted by molar-refractivity contribution is 0.185. The van der Waals surface area contributed by atoms with Gasteiger partial charge in [-0.15, -0.1) is 0 Å². The molecule has 0 aromatic heterocycles. The summed E-state index contributed by atoms with van der Waals surface area (Å²) >= 11 is 0. The maximum atomic E-state index is 12.2. The summed E-state index contributed by atoms with van der Waals surface area (Å²) in [7, 11) is 0. The van der Waals surface area contributed by atoms with E-state index in [1.165, 1.54) is 0 Å². The standard InChI is InChI=1S/C18H20N4O2/c23-13-12-22(17-10-11-17)18(24)19-14-6-8-16(9-7-14)21-20-15-4-2-1-3-5-15/h1-9,17,23H,10-13H2,(H,19,24). The van der Waals surface area contributed by atoms with Crippen LogP contribution in [0, 0.1) is 0 Å². The van der Waals surface area contributed by atoms with Gasteiger partial charge in [0, 0.05) is 18.3 Å². The first kappa shape index (κ1) is 16.1. The predicted octanol–water partition coefficient (Wildman–Crippen LogP) is 4.09. The van der Waals surface area contributed by atoms with Crippen LogP contribution in [0.5, 0.6) is 0 Å². The first-order valence-electron chi connectivity index (χ1n) is 8.01. The van der Waals surface area contributed by atoms with E-state index in [1.54, 1.807) is 29.2 Å². The van der Waals surface area contributed by atoms with E-state index in [2.05, 4.69) is 15.5 Å². The largest absolute Gasteiger partial charge is 0.395 e. The summed E-state index contributed by atoms with van der Waals surface area (Å²) in [6.45, 7) is 0.336. The van der Waals surface area contributed by atoms with Crippen LogP contribution >= 0.6 is 0 Å². The second-order valence-electron chi connectivity index (χ2n) is 5.66. The quantitative estimate of drug-likeness (QED) is 0.785. The van der Waals surface area contributed by atoms with E-state index >= 15 is 0 Å². The normalized spacial score (nSPS) is 13.9. The highest BCUT2D eigenvalue weighted by Gasteiger charge is 2.32. The van der Waals surface area contributed by atoms with Gasteiger partial charge in [0.25, 0.3) is 0 Å². The summed E-state index contributed by atoms with van der Waals surface area (Å²) in [5.74, 6) is 0. The zero-order valence-corrected chi connectivity index (χ0v) is 13.3. The van der Waals surface area contributed by atoms with Crippen molar-refractivity contribution in [3.8, 4) is 0 Å². The van der Waals surface area contributed by atoms with Crippen LogP contribution in [0.3, 0.4) is 0 Å². The Labute approximate surface area is 140 Å². The van der Waals surface area contributed by atoms with Crippen molar-refractivity contribution in [2.45, 2.75) is 18.9 Å². The third-order valence-corrected chi connectivity index (χ3v) is 3.75. The number of hydrogen-bond acceptors (Lipinski definition) is 4. The van der Waals surface area contributed by atoms with Crippen LogP contribution in [0.1, 0.15) is 12.8 Å². The molecule has 0 spiro atoms. The maximum absolute atomic E-state index is 12.2. The molecule has 124 valence electrons. The van der Waals surface area contributed by atoms with Crippen LogP contribution in [0.25, 0.3) is 0 Å². The topological polar surface area (TPSA) is 77.3 Å². The van der Waals surface area contributed by atoms with E-state index in [1.807, 2.05) is 30.3 Å². The molecule has 1 aliphatic rings. The van der Waals surface area contributed by atoms with E-state index in [-0.39, 0.29) is 18.7 Å². The Bertz CT molecular complexity index is 697. The zero-order valence-electron chi connectivity index (χ0n) is 13.3. The second-order valence-corrected chi connectivity index (χ2v) is 5.66. The number of aliphatic hydroxyl groups is 1. The Morgan fingerprint density at radius 3 is 2.25 bits per heavy atom. The van der Waals surface area contributed by atoms with Crippen LogP contribution in [0.15, 0.2) is 64.8 Å². The highest BCUT2D eigenvalue weighted by Crippen LogP contribution is 2.27. The molecule has 0 aliphatic heterocycles. The highest BCUT2D eigenvalue weighted by atomic mass is 16.3. The van der Waals surface area contributed by atoms with Crippen molar-refractivity contribution in [3.05, 3.63) is 54.6 Å². The monoisotopic (exact) mass is 324 g/mol. The molecule has 2 aromatic rings. The van der Waals surface area contributed by atoms with Crippen molar-refractivity contribution in [3.63, 3.8) is 0 Å². The molecule has 6 nitrogen and oxygen atoms in total. The van der Waals surface area contributed by atoms with Gasteiger partial charge in [0.1, 0.15) is 0 Å². The maximum Gasteiger partial charge on any atom is 0.322 e. The van der Waals surface area contributed by atoms with E-state index < -0.39 is 0 Å². The molecule has 0 atom stereocenters. The summed E-state index contributed by atoms with van der Waals surface area (Å²) in [6.07, 6.45) is 2.01. The molecule has 1 saturated carbocycles. The van der Waals surface area contributed by atoms with Crippen molar-refractivity contribution >= 4 is 23.1 Å². The fourth-order valence-corrected chi connectivity index (χ4v) is 2.36. The molecule has 2 N–H and O–H groups in total. The summed E-state index contributed by atoms with van der Waals surface area (Å²) in [4.78, 5) is 13.9. The lowest BCUT2D eigenvalue weighted by Crippen LogP contribution is -2.38. The minimum atomic E-state index is -0.176. The number of nitrogens with one attached hydrogen (secondary N) is 1. The van der Waals surface area contributed by atoms with E-state index in [0.29, 0.717) is 17.9 Å². The highest BCUT2D eigenvalue weighted by molar-refractivity contribution is 5.89. The SMILES string of the molecule is O=C(Nc1ccc(N=Nc2ccccc2)cc1)N(CCO)C1CC1. The summed E-state index contributed by atoms with van der Waals surface area (Å²) < 4.78 is 0. The third kappa shape index (κ3) is 4.39. The number of aliphatic hydroxyl groups excluding tert-OH is 1. The Hall–Kier alpha value is -2.73. The van der Waals surface area contributed by atoms with E-state index in [9.17, 15) is 4.79 Å². The van der Waals surface area contributed by atoms with Crippen molar-refractivity contribution in [1.82, 2.24) is 4.90 Å².